The Bertz CT molecular complexity index is 268. The first-order chi connectivity index (χ1) is 7.35. The Morgan fingerprint density at radius 3 is 0.261 bits per heavy atom. The Balaban J connectivity index is -0.0000000675. The van der Waals surface area contributed by atoms with E-state index in [0.29, 0.717) is 0 Å². The van der Waals surface area contributed by atoms with Crippen molar-refractivity contribution in [1.82, 2.24) is 0 Å². The van der Waals surface area contributed by atoms with Crippen LogP contribution in [0.2, 0.25) is 0 Å². The van der Waals surface area contributed by atoms with Crippen LogP contribution >= 0.6 is 33.3 Å². The van der Waals surface area contributed by atoms with Crippen molar-refractivity contribution < 1.29 is 95.0 Å². The summed E-state index contributed by atoms with van der Waals surface area (Å²) in [5.41, 5.74) is 0. The van der Waals surface area contributed by atoms with Crippen LogP contribution in [-0.2, 0) is 19.5 Å². The minimum atomic E-state index is -10.7. The van der Waals surface area contributed by atoms with E-state index in [1.165, 1.54) is 0 Å². The van der Waals surface area contributed by atoms with Crippen molar-refractivity contribution in [2.75, 3.05) is 0 Å². The van der Waals surface area contributed by atoms with E-state index in [0.717, 1.165) is 0 Å². The standard InChI is InChI=1S/3F6P.H3P.Rh/c3*1-7(2,3,4,5)6;;/h;;;1H3;/q3*-1;;+3. The average molecular weight is 572 g/mol. The van der Waals surface area contributed by atoms with Gasteiger partial charge in [-0.1, -0.05) is 0 Å². The van der Waals surface area contributed by atoms with Crippen LogP contribution in [0.25, 0.3) is 0 Å². The van der Waals surface area contributed by atoms with Crippen LogP contribution in [0.3, 0.4) is 0 Å². The van der Waals surface area contributed by atoms with E-state index in [4.69, 9.17) is 0 Å². The Hall–Kier alpha value is 1.08. The van der Waals surface area contributed by atoms with E-state index in [-0.39, 0.29) is 29.4 Å². The summed E-state index contributed by atoms with van der Waals surface area (Å²) in [6, 6.07) is 0. The quantitative estimate of drug-likeness (QED) is 0.154. The molecule has 0 aliphatic heterocycles. The number of halogens is 18. The van der Waals surface area contributed by atoms with Crippen molar-refractivity contribution >= 4 is 33.3 Å². The molecule has 0 nitrogen and oxygen atoms in total. The molecule has 0 aromatic carbocycles. The van der Waals surface area contributed by atoms with E-state index in [2.05, 4.69) is 0 Å². The van der Waals surface area contributed by atoms with Gasteiger partial charge in [-0.05, 0) is 0 Å². The van der Waals surface area contributed by atoms with Gasteiger partial charge in [-0.25, -0.2) is 0 Å². The van der Waals surface area contributed by atoms with Crippen molar-refractivity contribution in [3.63, 3.8) is 0 Å². The SMILES string of the molecule is F[P-](F)(F)(F)(F)F.F[P-](F)(F)(F)(F)F.F[P-](F)(F)(F)(F)F.P.[Rh+3]. The molecule has 0 aliphatic rings. The topological polar surface area (TPSA) is 0 Å². The van der Waals surface area contributed by atoms with E-state index in [1.54, 1.807) is 0 Å². The third-order valence-electron chi connectivity index (χ3n) is 0. The molecular formula is H3F18P4Rh. The van der Waals surface area contributed by atoms with Crippen molar-refractivity contribution in [1.29, 1.82) is 0 Å². The van der Waals surface area contributed by atoms with Crippen LogP contribution in [0.1, 0.15) is 0 Å². The minimum Gasteiger partial charge on any atom is -0.153 e. The normalized spacial score (nSPS) is 21.1. The third-order valence-corrected chi connectivity index (χ3v) is 0. The van der Waals surface area contributed by atoms with E-state index in [9.17, 15) is 75.5 Å². The van der Waals surface area contributed by atoms with Crippen LogP contribution in [0.15, 0.2) is 0 Å². The fraction of sp³-hybridized carbons (Fsp3) is 0. The summed E-state index contributed by atoms with van der Waals surface area (Å²) in [5.74, 6) is 0. The number of hydrogen-bond donors (Lipinski definition) is 0. The predicted octanol–water partition coefficient (Wildman–Crippen LogP) is 10.2. The van der Waals surface area contributed by atoms with Crippen molar-refractivity contribution in [3.8, 4) is 0 Å². The van der Waals surface area contributed by atoms with Gasteiger partial charge >= 0.3 is 118 Å². The molecule has 23 heteroatoms. The molecule has 23 heavy (non-hydrogen) atoms. The monoisotopic (exact) mass is 572 g/mol. The summed E-state index contributed by atoms with van der Waals surface area (Å²) in [6.07, 6.45) is 0. The van der Waals surface area contributed by atoms with Crippen molar-refractivity contribution in [2.45, 2.75) is 0 Å². The molecule has 0 radical (unpaired) electrons. The van der Waals surface area contributed by atoms with Crippen molar-refractivity contribution in [3.05, 3.63) is 0 Å². The smallest absolute Gasteiger partial charge is 0.153 e. The third kappa shape index (κ3) is 8740. The molecule has 0 spiro atoms. The molecule has 0 aromatic rings. The average Bonchev–Trinajstić information content (AvgIpc) is 1.19. The second-order valence-electron chi connectivity index (χ2n) is 2.87. The van der Waals surface area contributed by atoms with Crippen LogP contribution in [0.4, 0.5) is 75.5 Å². The summed E-state index contributed by atoms with van der Waals surface area (Å²) >= 11 is 0. The Labute approximate surface area is 129 Å². The van der Waals surface area contributed by atoms with Gasteiger partial charge in [-0.3, -0.25) is 0 Å². The molecular weight excluding hydrogens is 569 g/mol. The summed E-state index contributed by atoms with van der Waals surface area (Å²) in [6.45, 7) is 0. The van der Waals surface area contributed by atoms with E-state index < -0.39 is 23.4 Å². The van der Waals surface area contributed by atoms with Crippen LogP contribution in [0, 0.1) is 0 Å². The first-order valence-electron chi connectivity index (χ1n) is 3.04. The molecule has 0 fully saturated rings. The zero-order valence-electron chi connectivity index (χ0n) is 9.19. The predicted molar refractivity (Wildman–Crippen MR) is 51.8 cm³/mol. The van der Waals surface area contributed by atoms with Gasteiger partial charge in [0.2, 0.25) is 0 Å². The number of rotatable bonds is 0. The molecule has 0 bridgehead atoms. The molecule has 0 aliphatic carbocycles. The molecule has 158 valence electrons. The maximum absolute atomic E-state index is 10.7. The largest absolute Gasteiger partial charge is 3.00 e. The van der Waals surface area contributed by atoms with Crippen LogP contribution in [-0.4, -0.2) is 0 Å². The summed E-state index contributed by atoms with van der Waals surface area (Å²) < 4.78 is 178. The van der Waals surface area contributed by atoms with Crippen LogP contribution in [0.5, 0.6) is 0 Å². The zero-order chi connectivity index (χ0) is 19.2. The Morgan fingerprint density at radius 1 is 0.261 bits per heavy atom. The molecule has 0 saturated heterocycles. The Kier molecular flexibility index (Phi) is 8.12. The van der Waals surface area contributed by atoms with Gasteiger partial charge in [0.05, 0.1) is 0 Å². The van der Waals surface area contributed by atoms with E-state index >= 15 is 0 Å². The van der Waals surface area contributed by atoms with Gasteiger partial charge in [0, 0.05) is 0 Å². The maximum Gasteiger partial charge on any atom is 3.00 e. The molecule has 1 atom stereocenters. The van der Waals surface area contributed by atoms with Gasteiger partial charge in [0.15, 0.2) is 0 Å². The molecule has 0 N–H and O–H groups in total. The number of hydrogen-bond acceptors (Lipinski definition) is 0. The molecule has 0 heterocycles. The molecule has 0 aromatic heterocycles. The maximum atomic E-state index is 9.87. The van der Waals surface area contributed by atoms with E-state index in [1.807, 2.05) is 0 Å². The van der Waals surface area contributed by atoms with Crippen LogP contribution < -0.4 is 0 Å². The van der Waals surface area contributed by atoms with Crippen molar-refractivity contribution in [2.24, 2.45) is 0 Å². The molecule has 0 saturated carbocycles. The van der Waals surface area contributed by atoms with Gasteiger partial charge in [-0.2, -0.15) is 9.90 Å². The first-order valence-corrected chi connectivity index (χ1v) is 9.13. The van der Waals surface area contributed by atoms with Gasteiger partial charge in [0.25, 0.3) is 0 Å². The molecule has 0 amide bonds. The van der Waals surface area contributed by atoms with Gasteiger partial charge in [0.1, 0.15) is 0 Å². The zero-order valence-corrected chi connectivity index (χ0v) is 14.9. The molecule has 1 unspecified atom stereocenters. The summed E-state index contributed by atoms with van der Waals surface area (Å²) in [7, 11) is -32.0. The van der Waals surface area contributed by atoms with Gasteiger partial charge in [-0.15, -0.1) is 0 Å². The molecule has 0 rings (SSSR count). The first kappa shape index (κ1) is 35.2. The fourth-order valence-corrected chi connectivity index (χ4v) is 0. The van der Waals surface area contributed by atoms with Gasteiger partial charge < -0.3 is 0 Å². The minimum absolute atomic E-state index is 0. The summed E-state index contributed by atoms with van der Waals surface area (Å²) in [4.78, 5) is 0. The second kappa shape index (κ2) is 5.30. The Morgan fingerprint density at radius 2 is 0.261 bits per heavy atom. The summed E-state index contributed by atoms with van der Waals surface area (Å²) in [5, 5.41) is 0. The fourth-order valence-electron chi connectivity index (χ4n) is 0. The second-order valence-corrected chi connectivity index (χ2v) is 8.62.